The number of rotatable bonds is 6. The number of carbonyl (C=O) groups is 1. The molecule has 3 rings (SSSR count). The van der Waals surface area contributed by atoms with Gasteiger partial charge in [0.25, 0.3) is 11.6 Å². The molecular weight excluding hydrogens is 348 g/mol. The molecule has 134 valence electrons. The van der Waals surface area contributed by atoms with E-state index in [1.54, 1.807) is 48.5 Å². The second-order valence-corrected chi connectivity index (χ2v) is 5.35. The molecule has 0 aliphatic carbocycles. The van der Waals surface area contributed by atoms with E-state index in [2.05, 4.69) is 15.5 Å². The van der Waals surface area contributed by atoms with E-state index in [-0.39, 0.29) is 17.5 Å². The molecule has 0 aliphatic rings. The normalized spacial score (nSPS) is 10.5. The van der Waals surface area contributed by atoms with Crippen LogP contribution in [0.3, 0.4) is 0 Å². The molecule has 2 aromatic carbocycles. The quantitative estimate of drug-likeness (QED) is 0.410. The number of hydrogen-bond donors (Lipinski definition) is 1. The van der Waals surface area contributed by atoms with Crippen LogP contribution in [0, 0.1) is 10.1 Å². The first-order chi connectivity index (χ1) is 13.1. The maximum atomic E-state index is 11.9. The van der Waals surface area contributed by atoms with Crippen LogP contribution in [0.2, 0.25) is 0 Å². The van der Waals surface area contributed by atoms with E-state index in [1.165, 1.54) is 18.3 Å². The van der Waals surface area contributed by atoms with Crippen molar-refractivity contribution < 1.29 is 14.5 Å². The summed E-state index contributed by atoms with van der Waals surface area (Å²) in [5.41, 5.74) is 3.62. The zero-order chi connectivity index (χ0) is 19.1. The molecule has 0 saturated heterocycles. The van der Waals surface area contributed by atoms with Crippen molar-refractivity contribution in [2.24, 2.45) is 5.10 Å². The summed E-state index contributed by atoms with van der Waals surface area (Å²) < 4.78 is 5.52. The van der Waals surface area contributed by atoms with E-state index in [9.17, 15) is 14.9 Å². The van der Waals surface area contributed by atoms with Gasteiger partial charge in [-0.15, -0.1) is 0 Å². The largest absolute Gasteiger partial charge is 0.439 e. The van der Waals surface area contributed by atoms with Crippen LogP contribution in [0.25, 0.3) is 0 Å². The van der Waals surface area contributed by atoms with Crippen LogP contribution in [0.1, 0.15) is 15.9 Å². The molecule has 1 heterocycles. The van der Waals surface area contributed by atoms with Crippen molar-refractivity contribution in [3.63, 3.8) is 0 Å². The average Bonchev–Trinajstić information content (AvgIpc) is 2.70. The molecule has 0 radical (unpaired) electrons. The smallest absolute Gasteiger partial charge is 0.287 e. The van der Waals surface area contributed by atoms with E-state index < -0.39 is 4.92 Å². The van der Waals surface area contributed by atoms with Crippen molar-refractivity contribution in [2.45, 2.75) is 0 Å². The summed E-state index contributed by atoms with van der Waals surface area (Å²) in [5, 5.41) is 14.5. The lowest BCUT2D eigenvalue weighted by Gasteiger charge is -2.04. The fourth-order valence-electron chi connectivity index (χ4n) is 2.10. The van der Waals surface area contributed by atoms with Crippen molar-refractivity contribution in [2.75, 3.05) is 0 Å². The lowest BCUT2D eigenvalue weighted by molar-refractivity contribution is -0.385. The first-order valence-electron chi connectivity index (χ1n) is 7.88. The van der Waals surface area contributed by atoms with Gasteiger partial charge in [0.2, 0.25) is 5.88 Å². The van der Waals surface area contributed by atoms with Crippen molar-refractivity contribution in [1.29, 1.82) is 0 Å². The Balaban J connectivity index is 1.56. The Morgan fingerprint density at radius 2 is 1.81 bits per heavy atom. The molecule has 0 saturated carbocycles. The predicted octanol–water partition coefficient (Wildman–Crippen LogP) is 3.55. The minimum Gasteiger partial charge on any atom is -0.439 e. The summed E-state index contributed by atoms with van der Waals surface area (Å²) in [7, 11) is 0. The summed E-state index contributed by atoms with van der Waals surface area (Å²) in [5.74, 6) is 0.468. The van der Waals surface area contributed by atoms with Gasteiger partial charge in [-0.3, -0.25) is 14.9 Å². The number of ether oxygens (including phenoxy) is 1. The molecule has 27 heavy (non-hydrogen) atoms. The Kier molecular flexibility index (Phi) is 5.48. The predicted molar refractivity (Wildman–Crippen MR) is 98.9 cm³/mol. The molecule has 1 aromatic heterocycles. The summed E-state index contributed by atoms with van der Waals surface area (Å²) in [4.78, 5) is 25.8. The van der Waals surface area contributed by atoms with Gasteiger partial charge in [-0.1, -0.05) is 18.2 Å². The molecule has 0 atom stereocenters. The van der Waals surface area contributed by atoms with Gasteiger partial charge in [0.15, 0.2) is 0 Å². The molecule has 0 unspecified atom stereocenters. The molecule has 3 aromatic rings. The summed E-state index contributed by atoms with van der Waals surface area (Å²) in [6.07, 6.45) is 2.64. The van der Waals surface area contributed by atoms with E-state index in [4.69, 9.17) is 4.74 Å². The Morgan fingerprint density at radius 1 is 1.07 bits per heavy atom. The molecular formula is C19H14N4O4. The van der Waals surface area contributed by atoms with Crippen LogP contribution < -0.4 is 10.2 Å². The van der Waals surface area contributed by atoms with Crippen LogP contribution in [0.15, 0.2) is 78.0 Å². The molecule has 1 N–H and O–H groups in total. The maximum absolute atomic E-state index is 11.9. The maximum Gasteiger partial charge on any atom is 0.287 e. The molecule has 0 bridgehead atoms. The molecule has 0 aliphatic heterocycles. The SMILES string of the molecule is O=C(NN=Cc1ccc(Oc2ccc([N+](=O)[O-])cn2)cc1)c1ccccc1. The van der Waals surface area contributed by atoms with Crippen LogP contribution in [0.4, 0.5) is 5.69 Å². The number of nitrogens with one attached hydrogen (secondary N) is 1. The Labute approximate surface area is 154 Å². The van der Waals surface area contributed by atoms with Gasteiger partial charge in [-0.25, -0.2) is 10.4 Å². The van der Waals surface area contributed by atoms with Crippen LogP contribution in [-0.2, 0) is 0 Å². The number of nitrogens with zero attached hydrogens (tertiary/aromatic N) is 3. The zero-order valence-corrected chi connectivity index (χ0v) is 14.0. The Bertz CT molecular complexity index is 955. The van der Waals surface area contributed by atoms with Gasteiger partial charge in [0, 0.05) is 17.7 Å². The monoisotopic (exact) mass is 362 g/mol. The van der Waals surface area contributed by atoms with Crippen LogP contribution >= 0.6 is 0 Å². The van der Waals surface area contributed by atoms with E-state index in [0.29, 0.717) is 11.3 Å². The van der Waals surface area contributed by atoms with Crippen molar-refractivity contribution in [3.8, 4) is 11.6 Å². The second-order valence-electron chi connectivity index (χ2n) is 5.35. The summed E-state index contributed by atoms with van der Waals surface area (Å²) >= 11 is 0. The first kappa shape index (κ1) is 17.7. The summed E-state index contributed by atoms with van der Waals surface area (Å²) in [6, 6.07) is 18.4. The second kappa shape index (κ2) is 8.34. The molecule has 0 spiro atoms. The highest BCUT2D eigenvalue weighted by Crippen LogP contribution is 2.21. The molecule has 1 amide bonds. The number of hydrogen-bond acceptors (Lipinski definition) is 6. The summed E-state index contributed by atoms with van der Waals surface area (Å²) in [6.45, 7) is 0. The Hall–Kier alpha value is -4.07. The lowest BCUT2D eigenvalue weighted by atomic mass is 10.2. The number of aromatic nitrogens is 1. The molecule has 0 fully saturated rings. The number of carbonyl (C=O) groups excluding carboxylic acids is 1. The highest BCUT2D eigenvalue weighted by molar-refractivity contribution is 5.94. The fraction of sp³-hybridized carbons (Fsp3) is 0. The minimum atomic E-state index is -0.526. The van der Waals surface area contributed by atoms with Gasteiger partial charge in [-0.2, -0.15) is 5.10 Å². The standard InChI is InChI=1S/C19H14N4O4/c24-19(15-4-2-1-3-5-15)22-21-12-14-6-9-17(10-7-14)27-18-11-8-16(13-20-18)23(25)26/h1-13H,(H,22,24). The van der Waals surface area contributed by atoms with E-state index in [1.807, 2.05) is 6.07 Å². The van der Waals surface area contributed by atoms with Crippen LogP contribution in [-0.4, -0.2) is 22.0 Å². The molecule has 8 heteroatoms. The Morgan fingerprint density at radius 3 is 2.44 bits per heavy atom. The van der Waals surface area contributed by atoms with E-state index >= 15 is 0 Å². The zero-order valence-electron chi connectivity index (χ0n) is 14.0. The average molecular weight is 362 g/mol. The third-order valence-corrected chi connectivity index (χ3v) is 3.45. The first-order valence-corrected chi connectivity index (χ1v) is 7.88. The van der Waals surface area contributed by atoms with E-state index in [0.717, 1.165) is 11.8 Å². The third kappa shape index (κ3) is 4.95. The topological polar surface area (TPSA) is 107 Å². The number of pyridine rings is 1. The van der Waals surface area contributed by atoms with Crippen LogP contribution in [0.5, 0.6) is 11.6 Å². The van der Waals surface area contributed by atoms with Crippen molar-refractivity contribution in [3.05, 3.63) is 94.2 Å². The highest BCUT2D eigenvalue weighted by Gasteiger charge is 2.06. The lowest BCUT2D eigenvalue weighted by Crippen LogP contribution is -2.17. The third-order valence-electron chi connectivity index (χ3n) is 3.45. The van der Waals surface area contributed by atoms with Crippen molar-refractivity contribution >= 4 is 17.8 Å². The highest BCUT2D eigenvalue weighted by atomic mass is 16.6. The fourth-order valence-corrected chi connectivity index (χ4v) is 2.10. The van der Waals surface area contributed by atoms with Gasteiger partial charge in [0.05, 0.1) is 11.1 Å². The van der Waals surface area contributed by atoms with Gasteiger partial charge >= 0.3 is 0 Å². The van der Waals surface area contributed by atoms with Gasteiger partial charge < -0.3 is 4.74 Å². The number of benzene rings is 2. The number of hydrazone groups is 1. The number of nitro groups is 1. The van der Waals surface area contributed by atoms with Crippen molar-refractivity contribution in [1.82, 2.24) is 10.4 Å². The molecule has 8 nitrogen and oxygen atoms in total. The minimum absolute atomic E-state index is 0.105. The van der Waals surface area contributed by atoms with Gasteiger partial charge in [-0.05, 0) is 42.0 Å². The number of amides is 1. The van der Waals surface area contributed by atoms with Gasteiger partial charge in [0.1, 0.15) is 11.9 Å².